The Hall–Kier alpha value is -1.56. The van der Waals surface area contributed by atoms with Gasteiger partial charge in [0.15, 0.2) is 0 Å². The molecule has 1 atom stereocenters. The molecule has 0 heteroatoms. The fourth-order valence-corrected chi connectivity index (χ4v) is 2.33. The van der Waals surface area contributed by atoms with E-state index < -0.39 is 0 Å². The van der Waals surface area contributed by atoms with E-state index in [2.05, 4.69) is 68.4 Å². The molecule has 0 aliphatic rings. The summed E-state index contributed by atoms with van der Waals surface area (Å²) >= 11 is 0. The molecule has 18 heavy (non-hydrogen) atoms. The van der Waals surface area contributed by atoms with Gasteiger partial charge in [0.05, 0.1) is 0 Å². The minimum absolute atomic E-state index is 0.479. The summed E-state index contributed by atoms with van der Waals surface area (Å²) in [5.41, 5.74) is 4.29. The molecule has 0 nitrogen and oxygen atoms in total. The summed E-state index contributed by atoms with van der Waals surface area (Å²) in [6.07, 6.45) is 3.74. The number of benzene rings is 2. The van der Waals surface area contributed by atoms with Crippen molar-refractivity contribution < 1.29 is 0 Å². The normalized spacial score (nSPS) is 12.3. The van der Waals surface area contributed by atoms with E-state index in [1.807, 2.05) is 0 Å². The summed E-state index contributed by atoms with van der Waals surface area (Å²) in [6.45, 7) is 4.53. The van der Waals surface area contributed by atoms with Gasteiger partial charge in [-0.15, -0.1) is 0 Å². The molecule has 0 aliphatic heterocycles. The van der Waals surface area contributed by atoms with Crippen molar-refractivity contribution in [3.8, 4) is 0 Å². The Morgan fingerprint density at radius 2 is 1.61 bits per heavy atom. The lowest BCUT2D eigenvalue weighted by Crippen LogP contribution is -1.97. The zero-order chi connectivity index (χ0) is 12.8. The molecular weight excluding hydrogens is 216 g/mol. The zero-order valence-electron chi connectivity index (χ0n) is 11.4. The molecule has 0 spiro atoms. The first-order chi connectivity index (χ1) is 8.81. The third-order valence-corrected chi connectivity index (χ3v) is 3.57. The number of hydrogen-bond acceptors (Lipinski definition) is 0. The molecule has 2 aromatic rings. The highest BCUT2D eigenvalue weighted by Crippen LogP contribution is 2.24. The maximum Gasteiger partial charge on any atom is 0.00611 e. The maximum atomic E-state index is 2.37. The highest BCUT2D eigenvalue weighted by atomic mass is 14.1. The van der Waals surface area contributed by atoms with Crippen LogP contribution in [0, 0.1) is 0 Å². The second-order valence-corrected chi connectivity index (χ2v) is 4.98. The van der Waals surface area contributed by atoms with Gasteiger partial charge in [-0.2, -0.15) is 0 Å². The van der Waals surface area contributed by atoms with Gasteiger partial charge in [0.2, 0.25) is 0 Å². The van der Waals surface area contributed by atoms with Crippen molar-refractivity contribution >= 4 is 0 Å². The minimum Gasteiger partial charge on any atom is -0.0654 e. The summed E-state index contributed by atoms with van der Waals surface area (Å²) in [7, 11) is 0. The van der Waals surface area contributed by atoms with Gasteiger partial charge >= 0.3 is 0 Å². The highest BCUT2D eigenvalue weighted by molar-refractivity contribution is 5.34. The molecule has 0 fully saturated rings. The van der Waals surface area contributed by atoms with Crippen LogP contribution in [0.4, 0.5) is 0 Å². The summed E-state index contributed by atoms with van der Waals surface area (Å²) < 4.78 is 0. The van der Waals surface area contributed by atoms with E-state index in [-0.39, 0.29) is 0 Å². The molecule has 0 heterocycles. The lowest BCUT2D eigenvalue weighted by molar-refractivity contribution is 0.792. The van der Waals surface area contributed by atoms with Crippen LogP contribution in [-0.2, 0) is 6.42 Å². The first-order valence-electron chi connectivity index (χ1n) is 6.95. The topological polar surface area (TPSA) is 0 Å². The summed E-state index contributed by atoms with van der Waals surface area (Å²) in [4.78, 5) is 0. The fourth-order valence-electron chi connectivity index (χ4n) is 2.33. The van der Waals surface area contributed by atoms with Crippen molar-refractivity contribution in [3.63, 3.8) is 0 Å². The Morgan fingerprint density at radius 3 is 2.33 bits per heavy atom. The van der Waals surface area contributed by atoms with Crippen LogP contribution < -0.4 is 0 Å². The van der Waals surface area contributed by atoms with Gasteiger partial charge in [0, 0.05) is 5.92 Å². The predicted octanol–water partition coefficient (Wildman–Crippen LogP) is 5.18. The summed E-state index contributed by atoms with van der Waals surface area (Å²) in [5.74, 6) is 0.479. The van der Waals surface area contributed by atoms with Crippen molar-refractivity contribution in [1.82, 2.24) is 0 Å². The van der Waals surface area contributed by atoms with Crippen LogP contribution in [0.1, 0.15) is 49.3 Å². The van der Waals surface area contributed by atoms with E-state index >= 15 is 0 Å². The Morgan fingerprint density at radius 1 is 0.889 bits per heavy atom. The molecule has 1 unspecified atom stereocenters. The van der Waals surface area contributed by atoms with Crippen LogP contribution in [0.25, 0.3) is 0 Å². The Labute approximate surface area is 111 Å². The highest BCUT2D eigenvalue weighted by Gasteiger charge is 2.07. The second-order valence-electron chi connectivity index (χ2n) is 4.98. The van der Waals surface area contributed by atoms with Crippen molar-refractivity contribution in [3.05, 3.63) is 71.3 Å². The van der Waals surface area contributed by atoms with Gasteiger partial charge in [-0.25, -0.2) is 0 Å². The van der Waals surface area contributed by atoms with Gasteiger partial charge in [0.1, 0.15) is 0 Å². The minimum atomic E-state index is 0.479. The van der Waals surface area contributed by atoms with Crippen LogP contribution in [0.3, 0.4) is 0 Å². The molecule has 0 amide bonds. The number of hydrogen-bond donors (Lipinski definition) is 0. The third kappa shape index (κ3) is 3.22. The molecule has 0 aliphatic carbocycles. The average Bonchev–Trinajstić information content (AvgIpc) is 2.45. The molecule has 0 N–H and O–H groups in total. The van der Waals surface area contributed by atoms with Crippen molar-refractivity contribution in [2.45, 2.75) is 39.0 Å². The summed E-state index contributed by atoms with van der Waals surface area (Å²) in [6, 6.07) is 19.8. The molecule has 0 saturated carbocycles. The van der Waals surface area contributed by atoms with Crippen molar-refractivity contribution in [2.24, 2.45) is 0 Å². The molecule has 0 saturated heterocycles. The molecule has 0 bridgehead atoms. The molecular formula is C18H22. The van der Waals surface area contributed by atoms with Crippen LogP contribution in [-0.4, -0.2) is 0 Å². The predicted molar refractivity (Wildman–Crippen MR) is 79.0 cm³/mol. The van der Waals surface area contributed by atoms with E-state index in [4.69, 9.17) is 0 Å². The van der Waals surface area contributed by atoms with E-state index in [1.54, 1.807) is 0 Å². The van der Waals surface area contributed by atoms with Crippen LogP contribution >= 0.6 is 0 Å². The third-order valence-electron chi connectivity index (χ3n) is 3.57. The Balaban J connectivity index is 2.17. The van der Waals surface area contributed by atoms with E-state index in [1.165, 1.54) is 36.0 Å². The Bertz CT molecular complexity index is 470. The zero-order valence-corrected chi connectivity index (χ0v) is 11.4. The lowest BCUT2D eigenvalue weighted by atomic mass is 9.91. The fraction of sp³-hybridized carbons (Fsp3) is 0.333. The monoisotopic (exact) mass is 238 g/mol. The number of aryl methyl sites for hydroxylation is 1. The quantitative estimate of drug-likeness (QED) is 0.673. The first kappa shape index (κ1) is 12.9. The molecule has 2 rings (SSSR count). The standard InChI is InChI=1S/C18H22/c1-3-4-9-16-10-8-13-18(14-16)15(2)17-11-6-5-7-12-17/h5-8,10-15H,3-4,9H2,1-2H3. The number of rotatable bonds is 5. The van der Waals surface area contributed by atoms with Gasteiger partial charge in [-0.1, -0.05) is 74.9 Å². The van der Waals surface area contributed by atoms with Crippen molar-refractivity contribution in [2.75, 3.05) is 0 Å². The van der Waals surface area contributed by atoms with Crippen LogP contribution in [0.15, 0.2) is 54.6 Å². The van der Waals surface area contributed by atoms with Gasteiger partial charge in [-0.3, -0.25) is 0 Å². The van der Waals surface area contributed by atoms with E-state index in [0.29, 0.717) is 5.92 Å². The number of unbranched alkanes of at least 4 members (excludes halogenated alkanes) is 1. The molecule has 94 valence electrons. The second kappa shape index (κ2) is 6.39. The van der Waals surface area contributed by atoms with Gasteiger partial charge in [-0.05, 0) is 29.5 Å². The van der Waals surface area contributed by atoms with Gasteiger partial charge < -0.3 is 0 Å². The van der Waals surface area contributed by atoms with E-state index in [0.717, 1.165) is 0 Å². The van der Waals surface area contributed by atoms with Crippen molar-refractivity contribution in [1.29, 1.82) is 0 Å². The SMILES string of the molecule is CCCCc1cccc(C(C)c2ccccc2)c1. The van der Waals surface area contributed by atoms with Crippen LogP contribution in [0.2, 0.25) is 0 Å². The van der Waals surface area contributed by atoms with Gasteiger partial charge in [0.25, 0.3) is 0 Å². The molecule has 0 aromatic heterocycles. The maximum absolute atomic E-state index is 2.37. The summed E-state index contributed by atoms with van der Waals surface area (Å²) in [5, 5.41) is 0. The smallest absolute Gasteiger partial charge is 0.00611 e. The average molecular weight is 238 g/mol. The largest absolute Gasteiger partial charge is 0.0654 e. The van der Waals surface area contributed by atoms with E-state index in [9.17, 15) is 0 Å². The molecule has 0 radical (unpaired) electrons. The first-order valence-corrected chi connectivity index (χ1v) is 6.95. The molecule has 2 aromatic carbocycles. The van der Waals surface area contributed by atoms with Crippen LogP contribution in [0.5, 0.6) is 0 Å². The lowest BCUT2D eigenvalue weighted by Gasteiger charge is -2.13. The Kier molecular flexibility index (Phi) is 4.58.